The molecule has 2 aromatic heterocycles. The predicted molar refractivity (Wildman–Crippen MR) is 91.4 cm³/mol. The Kier molecular flexibility index (Phi) is 4.65. The number of aromatic nitrogens is 2. The Morgan fingerprint density at radius 1 is 1.33 bits per heavy atom. The monoisotopic (exact) mass is 349 g/mol. The third-order valence-electron chi connectivity index (χ3n) is 4.37. The smallest absolute Gasteiger partial charge is 0.141 e. The van der Waals surface area contributed by atoms with E-state index in [-0.39, 0.29) is 0 Å². The number of nitrogens with zero attached hydrogens (tertiary/aromatic N) is 3. The van der Waals surface area contributed by atoms with Crippen molar-refractivity contribution in [2.45, 2.75) is 33.2 Å². The van der Waals surface area contributed by atoms with Crippen molar-refractivity contribution in [1.82, 2.24) is 14.5 Å². The summed E-state index contributed by atoms with van der Waals surface area (Å²) in [6, 6.07) is 4.13. The van der Waals surface area contributed by atoms with E-state index in [2.05, 4.69) is 56.5 Å². The van der Waals surface area contributed by atoms with Crippen LogP contribution >= 0.6 is 15.9 Å². The van der Waals surface area contributed by atoms with Gasteiger partial charge in [0.2, 0.25) is 0 Å². The Morgan fingerprint density at radius 3 is 2.81 bits per heavy atom. The van der Waals surface area contributed by atoms with E-state index >= 15 is 0 Å². The van der Waals surface area contributed by atoms with E-state index in [4.69, 9.17) is 0 Å². The zero-order chi connectivity index (χ0) is 14.8. The quantitative estimate of drug-likeness (QED) is 0.825. The van der Waals surface area contributed by atoms with Gasteiger partial charge in [0.25, 0.3) is 0 Å². The molecule has 2 aromatic rings. The van der Waals surface area contributed by atoms with Gasteiger partial charge in [-0.25, -0.2) is 4.98 Å². The third-order valence-corrected chi connectivity index (χ3v) is 5.00. The van der Waals surface area contributed by atoms with Crippen molar-refractivity contribution in [3.63, 3.8) is 0 Å². The summed E-state index contributed by atoms with van der Waals surface area (Å²) in [6.45, 7) is 9.44. The minimum Gasteiger partial charge on any atom is -0.331 e. The summed E-state index contributed by atoms with van der Waals surface area (Å²) in [5.41, 5.74) is 1.11. The van der Waals surface area contributed by atoms with Gasteiger partial charge in [-0.15, -0.1) is 0 Å². The fourth-order valence-electron chi connectivity index (χ4n) is 3.37. The summed E-state index contributed by atoms with van der Waals surface area (Å²) in [5, 5.41) is 1.22. The maximum Gasteiger partial charge on any atom is 0.141 e. The van der Waals surface area contributed by atoms with Crippen molar-refractivity contribution in [3.8, 4) is 0 Å². The van der Waals surface area contributed by atoms with Crippen molar-refractivity contribution >= 4 is 27.0 Å². The highest BCUT2D eigenvalue weighted by Crippen LogP contribution is 2.27. The Bertz CT molecular complexity index is 597. The van der Waals surface area contributed by atoms with Gasteiger partial charge in [0.15, 0.2) is 0 Å². The van der Waals surface area contributed by atoms with E-state index in [9.17, 15) is 0 Å². The zero-order valence-corrected chi connectivity index (χ0v) is 14.5. The lowest BCUT2D eigenvalue weighted by atomic mass is 9.96. The van der Waals surface area contributed by atoms with E-state index in [1.54, 1.807) is 0 Å². The highest BCUT2D eigenvalue weighted by Gasteiger charge is 2.21. The van der Waals surface area contributed by atoms with Gasteiger partial charge in [-0.05, 0) is 65.8 Å². The van der Waals surface area contributed by atoms with Gasteiger partial charge in [-0.1, -0.05) is 13.8 Å². The summed E-state index contributed by atoms with van der Waals surface area (Å²) in [7, 11) is 0. The van der Waals surface area contributed by atoms with Crippen LogP contribution < -0.4 is 0 Å². The molecular formula is C17H24BrN3. The van der Waals surface area contributed by atoms with Gasteiger partial charge >= 0.3 is 0 Å². The molecule has 21 heavy (non-hydrogen) atoms. The van der Waals surface area contributed by atoms with Gasteiger partial charge in [-0.3, -0.25) is 0 Å². The zero-order valence-electron chi connectivity index (χ0n) is 12.9. The average molecular weight is 350 g/mol. The number of halogens is 1. The number of hydrogen-bond acceptors (Lipinski definition) is 2. The van der Waals surface area contributed by atoms with Crippen LogP contribution in [0.15, 0.2) is 29.0 Å². The molecule has 1 fully saturated rings. The maximum absolute atomic E-state index is 4.54. The van der Waals surface area contributed by atoms with Crippen molar-refractivity contribution in [2.24, 2.45) is 11.8 Å². The fourth-order valence-corrected chi connectivity index (χ4v) is 3.92. The van der Waals surface area contributed by atoms with Gasteiger partial charge in [0.05, 0.1) is 0 Å². The van der Waals surface area contributed by atoms with Crippen LogP contribution in [0.3, 0.4) is 0 Å². The molecule has 0 aromatic carbocycles. The number of rotatable bonds is 4. The Balaban J connectivity index is 1.65. The standard InChI is InChI=1S/C17H24BrN3/c1-13(2)10-20-8-5-14(6-9-20)11-21-12-16(18)15-4-3-7-19-17(15)21/h3-4,7,12-14H,5-6,8-11H2,1-2H3. The van der Waals surface area contributed by atoms with Crippen molar-refractivity contribution < 1.29 is 0 Å². The first-order valence-corrected chi connectivity index (χ1v) is 8.74. The van der Waals surface area contributed by atoms with E-state index in [1.165, 1.54) is 37.9 Å². The lowest BCUT2D eigenvalue weighted by Gasteiger charge is -2.33. The van der Waals surface area contributed by atoms with Crippen LogP contribution in [0.25, 0.3) is 11.0 Å². The number of likely N-dealkylation sites (tertiary alicyclic amines) is 1. The van der Waals surface area contributed by atoms with Crippen LogP contribution in [0.1, 0.15) is 26.7 Å². The van der Waals surface area contributed by atoms with Crippen LogP contribution in [-0.2, 0) is 6.54 Å². The van der Waals surface area contributed by atoms with Crippen molar-refractivity contribution in [3.05, 3.63) is 29.0 Å². The van der Waals surface area contributed by atoms with Gasteiger partial charge < -0.3 is 9.47 Å². The maximum atomic E-state index is 4.54. The topological polar surface area (TPSA) is 21.1 Å². The summed E-state index contributed by atoms with van der Waals surface area (Å²) in [4.78, 5) is 7.16. The Labute approximate surface area is 135 Å². The second-order valence-electron chi connectivity index (χ2n) is 6.64. The average Bonchev–Trinajstić information content (AvgIpc) is 2.78. The van der Waals surface area contributed by atoms with Gasteiger partial charge in [0, 0.05) is 35.3 Å². The number of hydrogen-bond donors (Lipinski definition) is 0. The Hall–Kier alpha value is -0.870. The molecule has 0 saturated carbocycles. The van der Waals surface area contributed by atoms with Gasteiger partial charge in [0.1, 0.15) is 5.65 Å². The van der Waals surface area contributed by atoms with Crippen LogP contribution in [0.4, 0.5) is 0 Å². The highest BCUT2D eigenvalue weighted by molar-refractivity contribution is 9.10. The highest BCUT2D eigenvalue weighted by atomic mass is 79.9. The summed E-state index contributed by atoms with van der Waals surface area (Å²) < 4.78 is 3.48. The lowest BCUT2D eigenvalue weighted by molar-refractivity contribution is 0.159. The minimum atomic E-state index is 0.773. The molecule has 3 heterocycles. The molecule has 0 amide bonds. The number of fused-ring (bicyclic) bond motifs is 1. The molecule has 0 N–H and O–H groups in total. The number of pyridine rings is 1. The van der Waals surface area contributed by atoms with Crippen LogP contribution in [0, 0.1) is 11.8 Å². The molecule has 1 saturated heterocycles. The second kappa shape index (κ2) is 6.49. The molecule has 0 aliphatic carbocycles. The molecule has 114 valence electrons. The molecule has 4 heteroatoms. The summed E-state index contributed by atoms with van der Waals surface area (Å²) >= 11 is 3.65. The van der Waals surface area contributed by atoms with E-state index in [0.717, 1.165) is 28.5 Å². The molecule has 0 radical (unpaired) electrons. The van der Waals surface area contributed by atoms with Gasteiger partial charge in [-0.2, -0.15) is 0 Å². The van der Waals surface area contributed by atoms with E-state index in [0.29, 0.717) is 0 Å². The fraction of sp³-hybridized carbons (Fsp3) is 0.588. The minimum absolute atomic E-state index is 0.773. The third kappa shape index (κ3) is 3.49. The normalized spacial score (nSPS) is 17.9. The number of piperidine rings is 1. The summed E-state index contributed by atoms with van der Waals surface area (Å²) in [6.07, 6.45) is 6.68. The van der Waals surface area contributed by atoms with Crippen LogP contribution in [0.5, 0.6) is 0 Å². The molecule has 0 spiro atoms. The first-order valence-electron chi connectivity index (χ1n) is 7.95. The molecule has 3 rings (SSSR count). The lowest BCUT2D eigenvalue weighted by Crippen LogP contribution is -2.37. The van der Waals surface area contributed by atoms with E-state index < -0.39 is 0 Å². The van der Waals surface area contributed by atoms with Crippen molar-refractivity contribution in [1.29, 1.82) is 0 Å². The first-order chi connectivity index (χ1) is 10.1. The largest absolute Gasteiger partial charge is 0.331 e. The SMILES string of the molecule is CC(C)CN1CCC(Cn2cc(Br)c3cccnc32)CC1. The molecule has 3 nitrogen and oxygen atoms in total. The van der Waals surface area contributed by atoms with Crippen LogP contribution in [0.2, 0.25) is 0 Å². The molecule has 0 unspecified atom stereocenters. The van der Waals surface area contributed by atoms with Crippen molar-refractivity contribution in [2.75, 3.05) is 19.6 Å². The van der Waals surface area contributed by atoms with E-state index in [1.807, 2.05) is 12.3 Å². The summed E-state index contributed by atoms with van der Waals surface area (Å²) in [5.74, 6) is 1.55. The van der Waals surface area contributed by atoms with Crippen LogP contribution in [-0.4, -0.2) is 34.1 Å². The molecular weight excluding hydrogens is 326 g/mol. The molecule has 1 aliphatic heterocycles. The predicted octanol–water partition coefficient (Wildman–Crippen LogP) is 4.17. The molecule has 0 atom stereocenters. The molecule has 0 bridgehead atoms. The Morgan fingerprint density at radius 2 is 2.10 bits per heavy atom. The first kappa shape index (κ1) is 15.0. The molecule has 1 aliphatic rings. The second-order valence-corrected chi connectivity index (χ2v) is 7.50.